The number of aryl methyl sites for hydroxylation is 1. The van der Waals surface area contributed by atoms with Gasteiger partial charge in [0.15, 0.2) is 5.69 Å². The number of amides is 1. The van der Waals surface area contributed by atoms with Crippen LogP contribution in [0.4, 0.5) is 4.79 Å². The van der Waals surface area contributed by atoms with Crippen LogP contribution in [0.25, 0.3) is 11.5 Å². The molecule has 0 radical (unpaired) electrons. The van der Waals surface area contributed by atoms with E-state index in [0.717, 1.165) is 11.1 Å². The summed E-state index contributed by atoms with van der Waals surface area (Å²) in [6, 6.07) is 24.0. The summed E-state index contributed by atoms with van der Waals surface area (Å²) in [5.74, 6) is 9.07. The molecule has 0 aliphatic carbocycles. The van der Waals surface area contributed by atoms with Gasteiger partial charge in [-0.05, 0) is 80.8 Å². The highest BCUT2D eigenvalue weighted by atomic mass is 16.6. The molecule has 0 fully saturated rings. The molecule has 1 heterocycles. The van der Waals surface area contributed by atoms with Gasteiger partial charge < -0.3 is 23.5 Å². The number of oxazole rings is 1. The van der Waals surface area contributed by atoms with Crippen LogP contribution in [0.1, 0.15) is 36.9 Å². The Kier molecular flexibility index (Phi) is 8.68. The summed E-state index contributed by atoms with van der Waals surface area (Å²) in [7, 11) is 1.59. The number of methoxy groups -OCH3 is 1. The fourth-order valence-corrected chi connectivity index (χ4v) is 3.84. The van der Waals surface area contributed by atoms with Gasteiger partial charge in [0, 0.05) is 12.1 Å². The largest absolute Gasteiger partial charge is 0.497 e. The minimum absolute atomic E-state index is 0.187. The van der Waals surface area contributed by atoms with Crippen molar-refractivity contribution in [1.82, 2.24) is 9.88 Å². The van der Waals surface area contributed by atoms with Gasteiger partial charge >= 0.3 is 6.09 Å². The maximum Gasteiger partial charge on any atom is 0.415 e. The molecule has 1 aromatic heterocycles. The molecule has 0 aliphatic heterocycles. The second kappa shape index (κ2) is 12.5. The van der Waals surface area contributed by atoms with Crippen LogP contribution in [0.2, 0.25) is 0 Å². The molecule has 0 spiro atoms. The van der Waals surface area contributed by atoms with Gasteiger partial charge in [-0.15, -0.1) is 0 Å². The second-order valence-electron chi connectivity index (χ2n) is 8.45. The van der Waals surface area contributed by atoms with Crippen molar-refractivity contribution in [2.75, 3.05) is 20.3 Å². The zero-order valence-corrected chi connectivity index (χ0v) is 21.9. The van der Waals surface area contributed by atoms with E-state index < -0.39 is 6.09 Å². The summed E-state index contributed by atoms with van der Waals surface area (Å²) in [6.07, 6.45) is -0.417. The van der Waals surface area contributed by atoms with Gasteiger partial charge in [0.05, 0.1) is 13.2 Å². The number of rotatable bonds is 8. The third-order valence-corrected chi connectivity index (χ3v) is 6.00. The lowest BCUT2D eigenvalue weighted by molar-refractivity contribution is 0.138. The Morgan fingerprint density at radius 2 is 1.63 bits per heavy atom. The van der Waals surface area contributed by atoms with E-state index in [-0.39, 0.29) is 12.6 Å². The molecule has 7 heteroatoms. The van der Waals surface area contributed by atoms with Gasteiger partial charge in [-0.1, -0.05) is 36.3 Å². The molecule has 0 saturated heterocycles. The van der Waals surface area contributed by atoms with Crippen molar-refractivity contribution in [3.8, 4) is 40.5 Å². The Labute approximate surface area is 223 Å². The first-order valence-electron chi connectivity index (χ1n) is 12.4. The van der Waals surface area contributed by atoms with E-state index >= 15 is 0 Å². The van der Waals surface area contributed by atoms with Crippen molar-refractivity contribution < 1.29 is 23.4 Å². The molecule has 0 aliphatic rings. The fraction of sp³-hybridized carbons (Fsp3) is 0.226. The first kappa shape index (κ1) is 26.4. The van der Waals surface area contributed by atoms with Crippen LogP contribution in [-0.2, 0) is 0 Å². The number of hydrogen-bond donors (Lipinski definition) is 0. The Morgan fingerprint density at radius 1 is 0.974 bits per heavy atom. The van der Waals surface area contributed by atoms with Gasteiger partial charge in [-0.2, -0.15) is 0 Å². The van der Waals surface area contributed by atoms with E-state index in [1.165, 1.54) is 0 Å². The van der Waals surface area contributed by atoms with E-state index in [2.05, 4.69) is 16.8 Å². The first-order chi connectivity index (χ1) is 18.5. The van der Waals surface area contributed by atoms with Crippen LogP contribution in [0.3, 0.4) is 0 Å². The van der Waals surface area contributed by atoms with E-state index in [1.807, 2.05) is 75.4 Å². The SMILES string of the molecule is CCN(C(=O)Oc1ccc(OC)cc1)C(C)c1ccc(OCC#Cc2nc(-c3ccccc3)oc2C)cc1. The smallest absolute Gasteiger partial charge is 0.415 e. The molecule has 0 bridgehead atoms. The van der Waals surface area contributed by atoms with Gasteiger partial charge in [-0.25, -0.2) is 9.78 Å². The van der Waals surface area contributed by atoms with Gasteiger partial charge in [0.1, 0.15) is 29.6 Å². The summed E-state index contributed by atoms with van der Waals surface area (Å²) < 4.78 is 22.2. The molecule has 1 unspecified atom stereocenters. The summed E-state index contributed by atoms with van der Waals surface area (Å²) in [5.41, 5.74) is 2.46. The number of aromatic nitrogens is 1. The van der Waals surface area contributed by atoms with Crippen LogP contribution < -0.4 is 14.2 Å². The Hall–Kier alpha value is -4.70. The molecule has 1 amide bonds. The Balaban J connectivity index is 1.33. The quantitative estimate of drug-likeness (QED) is 0.247. The molecule has 194 valence electrons. The summed E-state index contributed by atoms with van der Waals surface area (Å²) >= 11 is 0. The van der Waals surface area contributed by atoms with Gasteiger partial charge in [0.25, 0.3) is 0 Å². The minimum Gasteiger partial charge on any atom is -0.497 e. The summed E-state index contributed by atoms with van der Waals surface area (Å²) in [5, 5.41) is 0. The third-order valence-electron chi connectivity index (χ3n) is 6.00. The van der Waals surface area contributed by atoms with E-state index in [0.29, 0.717) is 41.1 Å². The van der Waals surface area contributed by atoms with Crippen molar-refractivity contribution in [2.45, 2.75) is 26.8 Å². The molecule has 38 heavy (non-hydrogen) atoms. The fourth-order valence-electron chi connectivity index (χ4n) is 3.84. The molecular formula is C31H30N2O5. The zero-order valence-electron chi connectivity index (χ0n) is 21.9. The molecular weight excluding hydrogens is 480 g/mol. The monoisotopic (exact) mass is 510 g/mol. The van der Waals surface area contributed by atoms with Gasteiger partial charge in [-0.3, -0.25) is 0 Å². The van der Waals surface area contributed by atoms with Crippen LogP contribution in [0.15, 0.2) is 83.3 Å². The van der Waals surface area contributed by atoms with Gasteiger partial charge in [0.2, 0.25) is 5.89 Å². The lowest BCUT2D eigenvalue weighted by Gasteiger charge is -2.27. The lowest BCUT2D eigenvalue weighted by Crippen LogP contribution is -2.35. The van der Waals surface area contributed by atoms with Crippen LogP contribution >= 0.6 is 0 Å². The number of hydrogen-bond acceptors (Lipinski definition) is 6. The lowest BCUT2D eigenvalue weighted by atomic mass is 10.1. The van der Waals surface area contributed by atoms with Crippen LogP contribution in [-0.4, -0.2) is 36.2 Å². The average Bonchev–Trinajstić information content (AvgIpc) is 3.33. The van der Waals surface area contributed by atoms with E-state index in [9.17, 15) is 4.79 Å². The molecule has 0 N–H and O–H groups in total. The summed E-state index contributed by atoms with van der Waals surface area (Å²) in [4.78, 5) is 18.9. The second-order valence-corrected chi connectivity index (χ2v) is 8.45. The molecule has 1 atom stereocenters. The topological polar surface area (TPSA) is 74.0 Å². The first-order valence-corrected chi connectivity index (χ1v) is 12.4. The minimum atomic E-state index is -0.417. The molecule has 7 nitrogen and oxygen atoms in total. The predicted octanol–water partition coefficient (Wildman–Crippen LogP) is 6.67. The molecule has 3 aromatic carbocycles. The van der Waals surface area contributed by atoms with Crippen LogP contribution in [0.5, 0.6) is 17.2 Å². The summed E-state index contributed by atoms with van der Waals surface area (Å²) in [6.45, 7) is 6.43. The van der Waals surface area contributed by atoms with Crippen molar-refractivity contribution >= 4 is 6.09 Å². The maximum atomic E-state index is 12.8. The Morgan fingerprint density at radius 3 is 2.29 bits per heavy atom. The number of ether oxygens (including phenoxy) is 3. The number of carbonyl (C=O) groups is 1. The van der Waals surface area contributed by atoms with Crippen molar-refractivity contribution in [2.24, 2.45) is 0 Å². The van der Waals surface area contributed by atoms with Crippen molar-refractivity contribution in [3.05, 3.63) is 95.9 Å². The average molecular weight is 511 g/mol. The zero-order chi connectivity index (χ0) is 26.9. The molecule has 4 aromatic rings. The highest BCUT2D eigenvalue weighted by molar-refractivity contribution is 5.71. The van der Waals surface area contributed by atoms with E-state index in [1.54, 1.807) is 36.3 Å². The molecule has 4 rings (SSSR count). The third kappa shape index (κ3) is 6.54. The normalized spacial score (nSPS) is 11.2. The maximum absolute atomic E-state index is 12.8. The van der Waals surface area contributed by atoms with Crippen LogP contribution in [0, 0.1) is 18.8 Å². The van der Waals surface area contributed by atoms with E-state index in [4.69, 9.17) is 18.6 Å². The van der Waals surface area contributed by atoms with Crippen molar-refractivity contribution in [1.29, 1.82) is 0 Å². The Bertz CT molecular complexity index is 1400. The predicted molar refractivity (Wildman–Crippen MR) is 145 cm³/mol. The molecule has 0 saturated carbocycles. The number of benzene rings is 3. The highest BCUT2D eigenvalue weighted by Gasteiger charge is 2.22. The van der Waals surface area contributed by atoms with Crippen molar-refractivity contribution in [3.63, 3.8) is 0 Å². The highest BCUT2D eigenvalue weighted by Crippen LogP contribution is 2.25. The number of nitrogens with zero attached hydrogens (tertiary/aromatic N) is 2. The number of carbonyl (C=O) groups excluding carboxylic acids is 1. The standard InChI is InChI=1S/C31H30N2O5/c1-5-33(31(34)38-28-19-17-26(35-4)18-20-28)22(2)24-13-15-27(16-14-24)36-21-9-12-29-23(3)37-30(32-29)25-10-7-6-8-11-25/h6-8,10-11,13-20,22H,5,21H2,1-4H3.